The molecule has 1 fully saturated rings. The van der Waals surface area contributed by atoms with Gasteiger partial charge >= 0.3 is 0 Å². The van der Waals surface area contributed by atoms with Crippen molar-refractivity contribution in [3.05, 3.63) is 40.7 Å². The number of aryl methyl sites for hydroxylation is 1. The Bertz CT molecular complexity index is 508. The molecule has 16 heavy (non-hydrogen) atoms. The van der Waals surface area contributed by atoms with Crippen LogP contribution in [0, 0.1) is 12.7 Å². The summed E-state index contributed by atoms with van der Waals surface area (Å²) in [5.41, 5.74) is 3.02. The van der Waals surface area contributed by atoms with Crippen molar-refractivity contribution in [2.24, 2.45) is 0 Å². The van der Waals surface area contributed by atoms with Gasteiger partial charge in [0.1, 0.15) is 10.8 Å². The fraction of sp³-hybridized carbons (Fsp3) is 0.308. The van der Waals surface area contributed by atoms with Gasteiger partial charge in [-0.15, -0.1) is 11.3 Å². The molecule has 0 atom stereocenters. The molecule has 0 radical (unpaired) electrons. The van der Waals surface area contributed by atoms with E-state index >= 15 is 0 Å². The van der Waals surface area contributed by atoms with Gasteiger partial charge in [-0.25, -0.2) is 9.37 Å². The van der Waals surface area contributed by atoms with Crippen molar-refractivity contribution >= 4 is 11.3 Å². The monoisotopic (exact) mass is 233 g/mol. The first-order valence-corrected chi connectivity index (χ1v) is 6.33. The van der Waals surface area contributed by atoms with Crippen LogP contribution in [0.2, 0.25) is 0 Å². The molecule has 0 saturated heterocycles. The van der Waals surface area contributed by atoms with E-state index in [0.717, 1.165) is 16.1 Å². The van der Waals surface area contributed by atoms with Crippen molar-refractivity contribution in [3.8, 4) is 10.6 Å². The highest BCUT2D eigenvalue weighted by atomic mass is 32.1. The summed E-state index contributed by atoms with van der Waals surface area (Å²) < 4.78 is 13.3. The third-order valence-corrected chi connectivity index (χ3v) is 3.72. The summed E-state index contributed by atoms with van der Waals surface area (Å²) in [5, 5.41) is 3.04. The molecule has 0 bridgehead atoms. The Morgan fingerprint density at radius 2 is 2.12 bits per heavy atom. The summed E-state index contributed by atoms with van der Waals surface area (Å²) in [6.07, 6.45) is 2.51. The van der Waals surface area contributed by atoms with Gasteiger partial charge < -0.3 is 0 Å². The fourth-order valence-corrected chi connectivity index (χ4v) is 2.73. The molecule has 1 aromatic heterocycles. The standard InChI is InChI=1S/C13H12FNS/c1-8-4-10(6-11(14)5-8)13-15-12(7-16-13)9-2-3-9/h4-7,9H,2-3H2,1H3. The molecular weight excluding hydrogens is 221 g/mol. The Hall–Kier alpha value is -1.22. The van der Waals surface area contributed by atoms with E-state index in [2.05, 4.69) is 10.4 Å². The van der Waals surface area contributed by atoms with Gasteiger partial charge in [0.05, 0.1) is 5.69 Å². The van der Waals surface area contributed by atoms with Crippen molar-refractivity contribution < 1.29 is 4.39 Å². The van der Waals surface area contributed by atoms with Gasteiger partial charge in [0.2, 0.25) is 0 Å². The highest BCUT2D eigenvalue weighted by Crippen LogP contribution is 2.41. The summed E-state index contributed by atoms with van der Waals surface area (Å²) in [6, 6.07) is 5.08. The average Bonchev–Trinajstić information content (AvgIpc) is 2.95. The van der Waals surface area contributed by atoms with Crippen LogP contribution in [0.15, 0.2) is 23.6 Å². The predicted octanol–water partition coefficient (Wildman–Crippen LogP) is 4.14. The topological polar surface area (TPSA) is 12.9 Å². The van der Waals surface area contributed by atoms with E-state index in [-0.39, 0.29) is 5.82 Å². The van der Waals surface area contributed by atoms with Crippen LogP contribution in [-0.4, -0.2) is 4.98 Å². The summed E-state index contributed by atoms with van der Waals surface area (Å²) in [7, 11) is 0. The van der Waals surface area contributed by atoms with Crippen LogP contribution in [0.4, 0.5) is 4.39 Å². The zero-order valence-electron chi connectivity index (χ0n) is 9.03. The van der Waals surface area contributed by atoms with E-state index < -0.39 is 0 Å². The molecule has 0 amide bonds. The summed E-state index contributed by atoms with van der Waals surface area (Å²) >= 11 is 1.61. The van der Waals surface area contributed by atoms with Crippen LogP contribution in [-0.2, 0) is 0 Å². The molecule has 0 unspecified atom stereocenters. The lowest BCUT2D eigenvalue weighted by molar-refractivity contribution is 0.627. The molecule has 0 aliphatic heterocycles. The molecule has 82 valence electrons. The van der Waals surface area contributed by atoms with Crippen molar-refractivity contribution in [2.45, 2.75) is 25.7 Å². The third-order valence-electron chi connectivity index (χ3n) is 2.81. The lowest BCUT2D eigenvalue weighted by Gasteiger charge is -1.99. The van der Waals surface area contributed by atoms with Gasteiger partial charge in [0, 0.05) is 16.9 Å². The second kappa shape index (κ2) is 3.67. The first-order chi connectivity index (χ1) is 7.72. The van der Waals surface area contributed by atoms with Crippen LogP contribution in [0.25, 0.3) is 10.6 Å². The molecule has 0 N–H and O–H groups in total. The Labute approximate surface area is 98.0 Å². The molecule has 1 aromatic carbocycles. The molecule has 2 aromatic rings. The highest BCUT2D eigenvalue weighted by molar-refractivity contribution is 7.13. The molecule has 1 aliphatic rings. The maximum Gasteiger partial charge on any atom is 0.124 e. The minimum absolute atomic E-state index is 0.182. The quantitative estimate of drug-likeness (QED) is 0.759. The third kappa shape index (κ3) is 1.87. The first kappa shape index (κ1) is 9.97. The van der Waals surface area contributed by atoms with Crippen LogP contribution >= 0.6 is 11.3 Å². The Balaban J connectivity index is 2.00. The van der Waals surface area contributed by atoms with Gasteiger partial charge in [-0.3, -0.25) is 0 Å². The molecule has 1 heterocycles. The lowest BCUT2D eigenvalue weighted by atomic mass is 10.1. The number of rotatable bonds is 2. The largest absolute Gasteiger partial charge is 0.241 e. The number of benzene rings is 1. The van der Waals surface area contributed by atoms with Crippen LogP contribution in [0.3, 0.4) is 0 Å². The Morgan fingerprint density at radius 1 is 1.31 bits per heavy atom. The average molecular weight is 233 g/mol. The Morgan fingerprint density at radius 3 is 2.81 bits per heavy atom. The Kier molecular flexibility index (Phi) is 2.28. The number of aromatic nitrogens is 1. The minimum atomic E-state index is -0.182. The molecule has 1 saturated carbocycles. The van der Waals surface area contributed by atoms with Gasteiger partial charge in [0.15, 0.2) is 0 Å². The van der Waals surface area contributed by atoms with Gasteiger partial charge in [-0.2, -0.15) is 0 Å². The number of thiazole rings is 1. The number of hydrogen-bond acceptors (Lipinski definition) is 2. The zero-order valence-corrected chi connectivity index (χ0v) is 9.85. The summed E-state index contributed by atoms with van der Waals surface area (Å²) in [5.74, 6) is 0.484. The zero-order chi connectivity index (χ0) is 11.1. The van der Waals surface area contributed by atoms with E-state index in [4.69, 9.17) is 0 Å². The van der Waals surface area contributed by atoms with Crippen molar-refractivity contribution in [1.29, 1.82) is 0 Å². The van der Waals surface area contributed by atoms with Gasteiger partial charge in [-0.05, 0) is 43.5 Å². The number of halogens is 1. The van der Waals surface area contributed by atoms with Crippen LogP contribution in [0.5, 0.6) is 0 Å². The van der Waals surface area contributed by atoms with Gasteiger partial charge in [0.25, 0.3) is 0 Å². The smallest absolute Gasteiger partial charge is 0.124 e. The number of hydrogen-bond donors (Lipinski definition) is 0. The maximum atomic E-state index is 13.3. The van der Waals surface area contributed by atoms with Crippen LogP contribution in [0.1, 0.15) is 30.0 Å². The van der Waals surface area contributed by atoms with E-state index in [9.17, 15) is 4.39 Å². The fourth-order valence-electron chi connectivity index (χ4n) is 1.85. The van der Waals surface area contributed by atoms with E-state index in [1.807, 2.05) is 13.0 Å². The van der Waals surface area contributed by atoms with Crippen LogP contribution < -0.4 is 0 Å². The molecule has 0 spiro atoms. The number of nitrogens with zero attached hydrogens (tertiary/aromatic N) is 1. The normalized spacial score (nSPS) is 15.4. The lowest BCUT2D eigenvalue weighted by Crippen LogP contribution is -1.84. The highest BCUT2D eigenvalue weighted by Gasteiger charge is 2.26. The predicted molar refractivity (Wildman–Crippen MR) is 64.2 cm³/mol. The summed E-state index contributed by atoms with van der Waals surface area (Å²) in [4.78, 5) is 4.58. The molecule has 1 nitrogen and oxygen atoms in total. The minimum Gasteiger partial charge on any atom is -0.241 e. The molecule has 3 rings (SSSR count). The SMILES string of the molecule is Cc1cc(F)cc(-c2nc(C3CC3)cs2)c1. The van der Waals surface area contributed by atoms with E-state index in [1.54, 1.807) is 23.5 Å². The van der Waals surface area contributed by atoms with Gasteiger partial charge in [-0.1, -0.05) is 0 Å². The van der Waals surface area contributed by atoms with Crippen molar-refractivity contribution in [1.82, 2.24) is 4.98 Å². The second-order valence-corrected chi connectivity index (χ2v) is 5.23. The molecule has 1 aliphatic carbocycles. The molecular formula is C13H12FNS. The summed E-state index contributed by atoms with van der Waals surface area (Å²) in [6.45, 7) is 1.90. The maximum absolute atomic E-state index is 13.3. The molecule has 3 heteroatoms. The van der Waals surface area contributed by atoms with Crippen molar-refractivity contribution in [2.75, 3.05) is 0 Å². The van der Waals surface area contributed by atoms with E-state index in [1.165, 1.54) is 18.5 Å². The van der Waals surface area contributed by atoms with E-state index in [0.29, 0.717) is 5.92 Å². The first-order valence-electron chi connectivity index (χ1n) is 5.45. The second-order valence-electron chi connectivity index (χ2n) is 4.37. The van der Waals surface area contributed by atoms with Crippen molar-refractivity contribution in [3.63, 3.8) is 0 Å².